The molecule has 14 heavy (non-hydrogen) atoms. The summed E-state index contributed by atoms with van der Waals surface area (Å²) in [7, 11) is 0. The molecule has 74 valence electrons. The van der Waals surface area contributed by atoms with Crippen LogP contribution in [0.4, 0.5) is 4.39 Å². The maximum absolute atomic E-state index is 12.8. The van der Waals surface area contributed by atoms with Crippen molar-refractivity contribution in [2.24, 2.45) is 0 Å². The summed E-state index contributed by atoms with van der Waals surface area (Å²) in [6.07, 6.45) is 2.11. The van der Waals surface area contributed by atoms with E-state index in [0.717, 1.165) is 25.9 Å². The van der Waals surface area contributed by atoms with E-state index in [1.165, 1.54) is 12.1 Å². The lowest BCUT2D eigenvalue weighted by Crippen LogP contribution is -2.27. The molecule has 3 heteroatoms. The number of likely N-dealkylation sites (tertiary alicyclic amines) is 1. The van der Waals surface area contributed by atoms with Gasteiger partial charge in [-0.3, -0.25) is 4.79 Å². The van der Waals surface area contributed by atoms with Gasteiger partial charge in [-0.1, -0.05) is 6.07 Å². The van der Waals surface area contributed by atoms with Gasteiger partial charge in [0.05, 0.1) is 0 Å². The van der Waals surface area contributed by atoms with Crippen LogP contribution >= 0.6 is 0 Å². The van der Waals surface area contributed by atoms with Crippen molar-refractivity contribution >= 4 is 5.91 Å². The van der Waals surface area contributed by atoms with Crippen LogP contribution in [-0.2, 0) is 0 Å². The average Bonchev–Trinajstić information content (AvgIpc) is 2.69. The lowest BCUT2D eigenvalue weighted by Gasteiger charge is -2.14. The Morgan fingerprint density at radius 2 is 2.00 bits per heavy atom. The predicted molar refractivity (Wildman–Crippen MR) is 51.5 cm³/mol. The van der Waals surface area contributed by atoms with Crippen LogP contribution in [0.5, 0.6) is 0 Å². The minimum atomic E-state index is -0.352. The molecule has 0 spiro atoms. The van der Waals surface area contributed by atoms with Gasteiger partial charge >= 0.3 is 0 Å². The van der Waals surface area contributed by atoms with Crippen molar-refractivity contribution in [2.75, 3.05) is 13.1 Å². The maximum Gasteiger partial charge on any atom is 0.253 e. The lowest BCUT2D eigenvalue weighted by atomic mass is 10.2. The van der Waals surface area contributed by atoms with Gasteiger partial charge in [0, 0.05) is 18.7 Å². The summed E-state index contributed by atoms with van der Waals surface area (Å²) < 4.78 is 12.8. The van der Waals surface area contributed by atoms with Crippen molar-refractivity contribution in [3.63, 3.8) is 0 Å². The second-order valence-electron chi connectivity index (χ2n) is 3.51. The normalized spacial score (nSPS) is 15.9. The van der Waals surface area contributed by atoms with Gasteiger partial charge in [-0.05, 0) is 31.0 Å². The summed E-state index contributed by atoms with van der Waals surface area (Å²) in [5, 5.41) is 0. The van der Waals surface area contributed by atoms with Gasteiger partial charge in [0.25, 0.3) is 5.91 Å². The van der Waals surface area contributed by atoms with Crippen LogP contribution in [0.1, 0.15) is 23.2 Å². The topological polar surface area (TPSA) is 20.3 Å². The lowest BCUT2D eigenvalue weighted by molar-refractivity contribution is 0.0792. The molecule has 1 aromatic carbocycles. The number of rotatable bonds is 1. The first-order valence-electron chi connectivity index (χ1n) is 4.82. The molecule has 2 rings (SSSR count). The molecule has 0 saturated carbocycles. The molecular weight excluding hydrogens is 181 g/mol. The Bertz CT molecular complexity index is 345. The summed E-state index contributed by atoms with van der Waals surface area (Å²) in [5.74, 6) is -0.406. The molecule has 0 unspecified atom stereocenters. The Morgan fingerprint density at radius 1 is 1.29 bits per heavy atom. The molecule has 1 aliphatic heterocycles. The molecule has 2 nitrogen and oxygen atoms in total. The molecular formula is C11H12FNO. The SMILES string of the molecule is O=C(c1cccc(F)c1)N1CCCC1. The van der Waals surface area contributed by atoms with Gasteiger partial charge in [-0.2, -0.15) is 0 Å². The Labute approximate surface area is 82.3 Å². The number of carbonyl (C=O) groups is 1. The summed E-state index contributed by atoms with van der Waals surface area (Å²) in [4.78, 5) is 13.5. The van der Waals surface area contributed by atoms with Crippen LogP contribution in [0.3, 0.4) is 0 Å². The third kappa shape index (κ3) is 1.76. The first-order valence-corrected chi connectivity index (χ1v) is 4.82. The standard InChI is InChI=1S/C11H12FNO/c12-10-5-3-4-9(8-10)11(14)13-6-1-2-7-13/h3-5,8H,1-2,6-7H2. The van der Waals surface area contributed by atoms with Crippen LogP contribution in [0.25, 0.3) is 0 Å². The smallest absolute Gasteiger partial charge is 0.253 e. The minimum absolute atomic E-state index is 0.0537. The summed E-state index contributed by atoms with van der Waals surface area (Å²) in [6.45, 7) is 1.60. The Balaban J connectivity index is 2.17. The minimum Gasteiger partial charge on any atom is -0.339 e. The molecule has 0 bridgehead atoms. The van der Waals surface area contributed by atoms with Crippen molar-refractivity contribution in [1.82, 2.24) is 4.90 Å². The van der Waals surface area contributed by atoms with Crippen LogP contribution in [0, 0.1) is 5.82 Å². The Kier molecular flexibility index (Phi) is 2.48. The zero-order valence-corrected chi connectivity index (χ0v) is 7.87. The third-order valence-electron chi connectivity index (χ3n) is 2.46. The number of hydrogen-bond donors (Lipinski definition) is 0. The third-order valence-corrected chi connectivity index (χ3v) is 2.46. The van der Waals surface area contributed by atoms with Gasteiger partial charge in [0.1, 0.15) is 5.82 Å². The maximum atomic E-state index is 12.8. The molecule has 0 radical (unpaired) electrons. The molecule has 1 fully saturated rings. The number of carbonyl (C=O) groups excluding carboxylic acids is 1. The monoisotopic (exact) mass is 193 g/mol. The average molecular weight is 193 g/mol. The van der Waals surface area contributed by atoms with Gasteiger partial charge in [0.2, 0.25) is 0 Å². The fraction of sp³-hybridized carbons (Fsp3) is 0.364. The molecule has 1 heterocycles. The molecule has 1 saturated heterocycles. The fourth-order valence-corrected chi connectivity index (χ4v) is 1.72. The van der Waals surface area contributed by atoms with E-state index in [9.17, 15) is 9.18 Å². The van der Waals surface area contributed by atoms with Crippen molar-refractivity contribution < 1.29 is 9.18 Å². The first-order chi connectivity index (χ1) is 6.77. The zero-order chi connectivity index (χ0) is 9.97. The number of benzene rings is 1. The van der Waals surface area contributed by atoms with Crippen LogP contribution in [-0.4, -0.2) is 23.9 Å². The van der Waals surface area contributed by atoms with E-state index in [1.54, 1.807) is 17.0 Å². The van der Waals surface area contributed by atoms with Crippen molar-refractivity contribution in [3.05, 3.63) is 35.6 Å². The van der Waals surface area contributed by atoms with E-state index < -0.39 is 0 Å². The van der Waals surface area contributed by atoms with Gasteiger partial charge in [-0.25, -0.2) is 4.39 Å². The number of hydrogen-bond acceptors (Lipinski definition) is 1. The molecule has 1 aromatic rings. The van der Waals surface area contributed by atoms with E-state index >= 15 is 0 Å². The highest BCUT2D eigenvalue weighted by molar-refractivity contribution is 5.94. The Hall–Kier alpha value is -1.38. The van der Waals surface area contributed by atoms with Crippen molar-refractivity contribution in [1.29, 1.82) is 0 Å². The molecule has 0 aliphatic carbocycles. The van der Waals surface area contributed by atoms with E-state index in [4.69, 9.17) is 0 Å². The Morgan fingerprint density at radius 3 is 2.64 bits per heavy atom. The van der Waals surface area contributed by atoms with Crippen LogP contribution in [0.15, 0.2) is 24.3 Å². The summed E-state index contributed by atoms with van der Waals surface area (Å²) >= 11 is 0. The van der Waals surface area contributed by atoms with Gasteiger partial charge in [-0.15, -0.1) is 0 Å². The van der Waals surface area contributed by atoms with Crippen LogP contribution < -0.4 is 0 Å². The quantitative estimate of drug-likeness (QED) is 0.668. The largest absolute Gasteiger partial charge is 0.339 e. The molecule has 0 aromatic heterocycles. The number of amides is 1. The van der Waals surface area contributed by atoms with E-state index in [1.807, 2.05) is 0 Å². The molecule has 1 aliphatic rings. The van der Waals surface area contributed by atoms with Crippen molar-refractivity contribution in [3.8, 4) is 0 Å². The molecule has 1 amide bonds. The van der Waals surface area contributed by atoms with Crippen molar-refractivity contribution in [2.45, 2.75) is 12.8 Å². The molecule has 0 atom stereocenters. The first kappa shape index (κ1) is 9.19. The summed E-state index contributed by atoms with van der Waals surface area (Å²) in [6, 6.07) is 5.86. The number of nitrogens with zero attached hydrogens (tertiary/aromatic N) is 1. The second kappa shape index (κ2) is 3.78. The molecule has 0 N–H and O–H groups in total. The van der Waals surface area contributed by atoms with E-state index in [0.29, 0.717) is 5.56 Å². The van der Waals surface area contributed by atoms with Gasteiger partial charge < -0.3 is 4.90 Å². The fourth-order valence-electron chi connectivity index (χ4n) is 1.72. The predicted octanol–water partition coefficient (Wildman–Crippen LogP) is 2.06. The highest BCUT2D eigenvalue weighted by atomic mass is 19.1. The van der Waals surface area contributed by atoms with Crippen LogP contribution in [0.2, 0.25) is 0 Å². The highest BCUT2D eigenvalue weighted by Gasteiger charge is 2.19. The van der Waals surface area contributed by atoms with E-state index in [-0.39, 0.29) is 11.7 Å². The zero-order valence-electron chi connectivity index (χ0n) is 7.87. The highest BCUT2D eigenvalue weighted by Crippen LogP contribution is 2.13. The summed E-state index contributed by atoms with van der Waals surface area (Å²) in [5.41, 5.74) is 0.451. The number of halogens is 1. The van der Waals surface area contributed by atoms with Gasteiger partial charge in [0.15, 0.2) is 0 Å². The van der Waals surface area contributed by atoms with E-state index in [2.05, 4.69) is 0 Å². The second-order valence-corrected chi connectivity index (χ2v) is 3.51.